The quantitative estimate of drug-likeness (QED) is 0.429. The Labute approximate surface area is 190 Å². The number of hydrogen-bond acceptors (Lipinski definition) is 8. The molecule has 0 fully saturated rings. The second-order valence-corrected chi connectivity index (χ2v) is 10.5. The van der Waals surface area contributed by atoms with E-state index in [1.165, 1.54) is 15.9 Å². The molecular weight excluding hydrogens is 456 g/mol. The smallest absolute Gasteiger partial charge is 0.318 e. The monoisotopic (exact) mass is 476 g/mol. The van der Waals surface area contributed by atoms with Gasteiger partial charge in [-0.1, -0.05) is 11.8 Å². The largest absolute Gasteiger partial charge is 0.497 e. The number of nitrogens with two attached hydrogens (primary N) is 1. The maximum atomic E-state index is 13.7. The van der Waals surface area contributed by atoms with Crippen molar-refractivity contribution in [3.63, 3.8) is 0 Å². The molecule has 1 aromatic carbocycles. The lowest BCUT2D eigenvalue weighted by Crippen LogP contribution is -2.39. The second kappa shape index (κ2) is 8.93. The number of benzene rings is 1. The van der Waals surface area contributed by atoms with Crippen LogP contribution < -0.4 is 21.3 Å². The number of thioether (sulfide) groups is 2. The van der Waals surface area contributed by atoms with Crippen molar-refractivity contribution in [3.05, 3.63) is 40.2 Å². The average molecular weight is 477 g/mol. The molecule has 3 N–H and O–H groups in total. The van der Waals surface area contributed by atoms with Crippen LogP contribution in [0.25, 0.3) is 15.9 Å². The zero-order valence-electron chi connectivity index (χ0n) is 16.8. The fraction of sp³-hybridized carbons (Fsp3) is 0.300. The van der Waals surface area contributed by atoms with Gasteiger partial charge in [-0.25, -0.2) is 9.78 Å². The number of carbonyl (C=O) groups is 2. The SMILES string of the molecule is COc1ccc(-n2c(S[C@H](C)C(=O)NC(N)=O)nc3sc4c(c3c2=O)CCCS4)cc1. The molecule has 0 spiro atoms. The third kappa shape index (κ3) is 4.30. The highest BCUT2D eigenvalue weighted by Crippen LogP contribution is 2.41. The minimum absolute atomic E-state index is 0.167. The minimum Gasteiger partial charge on any atom is -0.497 e. The Balaban J connectivity index is 1.87. The van der Waals surface area contributed by atoms with Gasteiger partial charge in [-0.2, -0.15) is 0 Å². The van der Waals surface area contributed by atoms with Crippen LogP contribution in [0, 0.1) is 0 Å². The second-order valence-electron chi connectivity index (χ2n) is 6.85. The van der Waals surface area contributed by atoms with Gasteiger partial charge in [-0.05, 0) is 55.3 Å². The van der Waals surface area contributed by atoms with E-state index < -0.39 is 17.2 Å². The van der Waals surface area contributed by atoms with Crippen LogP contribution in [0.2, 0.25) is 0 Å². The predicted octanol–water partition coefficient (Wildman–Crippen LogP) is 3.17. The first kappa shape index (κ1) is 21.7. The number of thiophene rings is 1. The summed E-state index contributed by atoms with van der Waals surface area (Å²) in [6.45, 7) is 1.63. The molecule has 0 saturated heterocycles. The number of aryl methyl sites for hydroxylation is 1. The van der Waals surface area contributed by atoms with Crippen molar-refractivity contribution in [2.24, 2.45) is 5.73 Å². The number of imide groups is 1. The minimum atomic E-state index is -0.920. The van der Waals surface area contributed by atoms with E-state index in [0.717, 1.165) is 40.1 Å². The summed E-state index contributed by atoms with van der Waals surface area (Å²) in [6, 6.07) is 6.17. The zero-order valence-corrected chi connectivity index (χ0v) is 19.3. The number of hydrogen-bond donors (Lipinski definition) is 2. The maximum Gasteiger partial charge on any atom is 0.318 e. The highest BCUT2D eigenvalue weighted by molar-refractivity contribution is 8.01. The summed E-state index contributed by atoms with van der Waals surface area (Å²) in [7, 11) is 1.57. The highest BCUT2D eigenvalue weighted by atomic mass is 32.2. The summed E-state index contributed by atoms with van der Waals surface area (Å²) in [5.74, 6) is 1.14. The van der Waals surface area contributed by atoms with Gasteiger partial charge in [0.2, 0.25) is 5.91 Å². The number of rotatable bonds is 5. The van der Waals surface area contributed by atoms with Crippen molar-refractivity contribution in [2.75, 3.05) is 12.9 Å². The summed E-state index contributed by atoms with van der Waals surface area (Å²) < 4.78 is 7.88. The maximum absolute atomic E-state index is 13.7. The molecule has 0 radical (unpaired) electrons. The molecule has 3 aromatic rings. The number of carbonyl (C=O) groups excluding carboxylic acids is 2. The Hall–Kier alpha value is -2.50. The number of nitrogens with zero attached hydrogens (tertiary/aromatic N) is 2. The van der Waals surface area contributed by atoms with Crippen molar-refractivity contribution in [2.45, 2.75) is 34.4 Å². The fourth-order valence-corrected chi connectivity index (χ4v) is 6.80. The van der Waals surface area contributed by atoms with Gasteiger partial charge < -0.3 is 10.5 Å². The molecule has 1 aliphatic heterocycles. The standard InChI is InChI=1S/C20H20N4O4S3/c1-10(15(25)22-19(21)27)30-20-23-16-14(13-4-3-9-29-18(13)31-16)17(26)24(20)11-5-7-12(28-2)8-6-11/h5-8,10H,3-4,9H2,1-2H3,(H3,21,22,25,27)/t10-/m1/s1. The predicted molar refractivity (Wildman–Crippen MR) is 124 cm³/mol. The number of aromatic nitrogens is 2. The lowest BCUT2D eigenvalue weighted by atomic mass is 10.1. The summed E-state index contributed by atoms with van der Waals surface area (Å²) in [6.07, 6.45) is 1.87. The number of urea groups is 1. The van der Waals surface area contributed by atoms with Crippen LogP contribution in [0.15, 0.2) is 38.4 Å². The Morgan fingerprint density at radius 2 is 2.06 bits per heavy atom. The molecule has 162 valence electrons. The van der Waals surface area contributed by atoms with Crippen molar-refractivity contribution in [3.8, 4) is 11.4 Å². The van der Waals surface area contributed by atoms with E-state index in [2.05, 4.69) is 5.32 Å². The number of primary amides is 1. The van der Waals surface area contributed by atoms with E-state index in [0.29, 0.717) is 26.8 Å². The number of nitrogens with one attached hydrogen (secondary N) is 1. The molecule has 11 heteroatoms. The van der Waals surface area contributed by atoms with Crippen LogP contribution in [0.1, 0.15) is 18.9 Å². The van der Waals surface area contributed by atoms with Crippen LogP contribution >= 0.6 is 34.9 Å². The third-order valence-corrected chi connectivity index (χ3v) is 8.37. The molecule has 3 heterocycles. The molecule has 2 aromatic heterocycles. The molecule has 4 rings (SSSR count). The van der Waals surface area contributed by atoms with Crippen molar-refractivity contribution < 1.29 is 14.3 Å². The molecule has 1 aliphatic rings. The molecule has 0 aliphatic carbocycles. The van der Waals surface area contributed by atoms with Crippen LogP contribution in [-0.2, 0) is 11.2 Å². The molecule has 0 unspecified atom stereocenters. The lowest BCUT2D eigenvalue weighted by molar-refractivity contribution is -0.119. The van der Waals surface area contributed by atoms with E-state index in [9.17, 15) is 14.4 Å². The van der Waals surface area contributed by atoms with Crippen molar-refractivity contribution in [1.82, 2.24) is 14.9 Å². The van der Waals surface area contributed by atoms with Gasteiger partial charge in [-0.15, -0.1) is 23.1 Å². The van der Waals surface area contributed by atoms with E-state index in [-0.39, 0.29) is 5.56 Å². The molecule has 31 heavy (non-hydrogen) atoms. The van der Waals surface area contributed by atoms with Gasteiger partial charge in [0, 0.05) is 0 Å². The van der Waals surface area contributed by atoms with Crippen molar-refractivity contribution in [1.29, 1.82) is 0 Å². The normalized spacial score (nSPS) is 14.1. The summed E-state index contributed by atoms with van der Waals surface area (Å²) in [4.78, 5) is 42.4. The number of ether oxygens (including phenoxy) is 1. The third-order valence-electron chi connectivity index (χ3n) is 4.79. The average Bonchev–Trinajstić information content (AvgIpc) is 3.12. The molecular formula is C20H20N4O4S3. The first-order chi connectivity index (χ1) is 14.9. The molecule has 8 nitrogen and oxygen atoms in total. The number of fused-ring (bicyclic) bond motifs is 3. The highest BCUT2D eigenvalue weighted by Gasteiger charge is 2.25. The molecule has 3 amide bonds. The molecule has 1 atom stereocenters. The fourth-order valence-electron chi connectivity index (χ4n) is 3.30. The van der Waals surface area contributed by atoms with E-state index >= 15 is 0 Å². The molecule has 0 bridgehead atoms. The van der Waals surface area contributed by atoms with Gasteiger partial charge in [0.15, 0.2) is 5.16 Å². The summed E-state index contributed by atoms with van der Waals surface area (Å²) in [5.41, 5.74) is 6.58. The van der Waals surface area contributed by atoms with Gasteiger partial charge >= 0.3 is 6.03 Å². The Morgan fingerprint density at radius 3 is 2.74 bits per heavy atom. The van der Waals surface area contributed by atoms with Crippen LogP contribution in [0.3, 0.4) is 0 Å². The van der Waals surface area contributed by atoms with Gasteiger partial charge in [0.1, 0.15) is 10.6 Å². The summed E-state index contributed by atoms with van der Waals surface area (Å²) >= 11 is 4.37. The van der Waals surface area contributed by atoms with E-state index in [1.807, 2.05) is 0 Å². The van der Waals surface area contributed by atoms with Crippen LogP contribution in [-0.4, -0.2) is 39.6 Å². The summed E-state index contributed by atoms with van der Waals surface area (Å²) in [5, 5.41) is 2.40. The van der Waals surface area contributed by atoms with E-state index in [1.54, 1.807) is 50.1 Å². The molecule has 0 saturated carbocycles. The number of amides is 3. The van der Waals surface area contributed by atoms with Crippen LogP contribution in [0.4, 0.5) is 4.79 Å². The van der Waals surface area contributed by atoms with Crippen molar-refractivity contribution >= 4 is 57.0 Å². The lowest BCUT2D eigenvalue weighted by Gasteiger charge is -2.16. The van der Waals surface area contributed by atoms with Gasteiger partial charge in [0.25, 0.3) is 5.56 Å². The zero-order chi connectivity index (χ0) is 22.1. The van der Waals surface area contributed by atoms with Gasteiger partial charge in [-0.3, -0.25) is 19.5 Å². The van der Waals surface area contributed by atoms with Crippen LogP contribution in [0.5, 0.6) is 5.75 Å². The Kier molecular flexibility index (Phi) is 6.26. The first-order valence-electron chi connectivity index (χ1n) is 9.51. The van der Waals surface area contributed by atoms with E-state index in [4.69, 9.17) is 15.5 Å². The first-order valence-corrected chi connectivity index (χ1v) is 12.2. The van der Waals surface area contributed by atoms with Gasteiger partial charge in [0.05, 0.1) is 27.6 Å². The Morgan fingerprint density at radius 1 is 1.32 bits per heavy atom. The Bertz CT molecular complexity index is 1220. The topological polar surface area (TPSA) is 116 Å². The number of methoxy groups -OCH3 is 1.